The van der Waals surface area contributed by atoms with E-state index in [-0.39, 0.29) is 6.09 Å². The first-order valence-electron chi connectivity index (χ1n) is 5.26. The van der Waals surface area contributed by atoms with Crippen LogP contribution >= 0.6 is 11.9 Å². The second-order valence-electron chi connectivity index (χ2n) is 4.83. The number of amides is 1. The summed E-state index contributed by atoms with van der Waals surface area (Å²) in [5.74, 6) is 0. The van der Waals surface area contributed by atoms with Crippen LogP contribution in [0.1, 0.15) is 33.6 Å². The van der Waals surface area contributed by atoms with E-state index in [1.165, 1.54) is 11.9 Å². The zero-order valence-electron chi connectivity index (χ0n) is 9.66. The quantitative estimate of drug-likeness (QED) is 0.702. The molecule has 0 aromatic heterocycles. The molecule has 0 aromatic carbocycles. The van der Waals surface area contributed by atoms with Crippen molar-refractivity contribution in [3.8, 4) is 0 Å². The average molecular weight is 232 g/mol. The average Bonchev–Trinajstić information content (AvgIpc) is 2.15. The van der Waals surface area contributed by atoms with Crippen molar-refractivity contribution >= 4 is 18.0 Å². The molecule has 0 spiro atoms. The van der Waals surface area contributed by atoms with Crippen LogP contribution < -0.4 is 5.14 Å². The lowest BCUT2D eigenvalue weighted by Gasteiger charge is -2.33. The molecule has 1 aliphatic rings. The highest BCUT2D eigenvalue weighted by atomic mass is 32.2. The topological polar surface area (TPSA) is 55.6 Å². The SMILES string of the molecule is CC(C)(C)OC(=O)N1CCCC(SN)C1. The number of nitrogens with zero attached hydrogens (tertiary/aromatic N) is 1. The van der Waals surface area contributed by atoms with Gasteiger partial charge in [0.25, 0.3) is 0 Å². The number of hydrogen-bond donors (Lipinski definition) is 1. The lowest BCUT2D eigenvalue weighted by Crippen LogP contribution is -2.44. The van der Waals surface area contributed by atoms with Crippen molar-refractivity contribution in [3.05, 3.63) is 0 Å². The summed E-state index contributed by atoms with van der Waals surface area (Å²) in [7, 11) is 0. The minimum absolute atomic E-state index is 0.221. The van der Waals surface area contributed by atoms with Crippen LogP contribution in [0.25, 0.3) is 0 Å². The van der Waals surface area contributed by atoms with Crippen molar-refractivity contribution < 1.29 is 9.53 Å². The first kappa shape index (κ1) is 12.6. The van der Waals surface area contributed by atoms with E-state index in [2.05, 4.69) is 0 Å². The lowest BCUT2D eigenvalue weighted by atomic mass is 10.1. The summed E-state index contributed by atoms with van der Waals surface area (Å²) in [5.41, 5.74) is -0.417. The predicted octanol–water partition coefficient (Wildman–Crippen LogP) is 1.99. The van der Waals surface area contributed by atoms with Gasteiger partial charge in [0.05, 0.1) is 0 Å². The minimum Gasteiger partial charge on any atom is -0.444 e. The van der Waals surface area contributed by atoms with Crippen LogP contribution in [0, 0.1) is 0 Å². The van der Waals surface area contributed by atoms with Gasteiger partial charge in [-0.25, -0.2) is 4.79 Å². The molecule has 1 rings (SSSR count). The van der Waals surface area contributed by atoms with Gasteiger partial charge in [0.1, 0.15) is 5.60 Å². The van der Waals surface area contributed by atoms with Crippen molar-refractivity contribution in [1.29, 1.82) is 0 Å². The van der Waals surface area contributed by atoms with Gasteiger partial charge in [-0.05, 0) is 33.6 Å². The molecule has 0 bridgehead atoms. The largest absolute Gasteiger partial charge is 0.444 e. The summed E-state index contributed by atoms with van der Waals surface area (Å²) in [4.78, 5) is 13.5. The zero-order chi connectivity index (χ0) is 11.5. The molecule has 4 nitrogen and oxygen atoms in total. The van der Waals surface area contributed by atoms with Gasteiger partial charge >= 0.3 is 6.09 Å². The Labute approximate surface area is 95.7 Å². The van der Waals surface area contributed by atoms with Gasteiger partial charge in [0.2, 0.25) is 0 Å². The Morgan fingerprint density at radius 2 is 2.20 bits per heavy atom. The lowest BCUT2D eigenvalue weighted by molar-refractivity contribution is 0.0220. The molecule has 1 atom stereocenters. The molecule has 88 valence electrons. The van der Waals surface area contributed by atoms with Crippen LogP contribution in [0.15, 0.2) is 0 Å². The van der Waals surface area contributed by atoms with E-state index in [0.717, 1.165) is 19.4 Å². The third-order valence-corrected chi connectivity index (χ3v) is 2.99. The van der Waals surface area contributed by atoms with E-state index in [9.17, 15) is 4.79 Å². The molecule has 1 unspecified atom stereocenters. The molecule has 0 aromatic rings. The number of ether oxygens (including phenoxy) is 1. The second-order valence-corrected chi connectivity index (χ2v) is 5.77. The van der Waals surface area contributed by atoms with Gasteiger partial charge in [-0.3, -0.25) is 5.14 Å². The highest BCUT2D eigenvalue weighted by Gasteiger charge is 2.27. The number of nitrogens with two attached hydrogens (primary N) is 1. The standard InChI is InChI=1S/C10H20N2O2S/c1-10(2,3)14-9(13)12-6-4-5-8(7-12)15-11/h8H,4-7,11H2,1-3H3. The molecule has 1 heterocycles. The van der Waals surface area contributed by atoms with Gasteiger partial charge in [-0.2, -0.15) is 0 Å². The first-order valence-corrected chi connectivity index (χ1v) is 6.20. The maximum absolute atomic E-state index is 11.7. The highest BCUT2D eigenvalue weighted by molar-refractivity contribution is 7.97. The Morgan fingerprint density at radius 1 is 1.53 bits per heavy atom. The highest BCUT2D eigenvalue weighted by Crippen LogP contribution is 2.20. The summed E-state index contributed by atoms with van der Waals surface area (Å²) in [6.45, 7) is 7.13. The molecule has 0 aliphatic carbocycles. The molecule has 1 saturated heterocycles. The maximum Gasteiger partial charge on any atom is 0.410 e. The van der Waals surface area contributed by atoms with E-state index >= 15 is 0 Å². The van der Waals surface area contributed by atoms with Crippen LogP contribution in [0.3, 0.4) is 0 Å². The molecule has 0 radical (unpaired) electrons. The Hall–Kier alpha value is -0.420. The first-order chi connectivity index (χ1) is 6.92. The maximum atomic E-state index is 11.7. The summed E-state index contributed by atoms with van der Waals surface area (Å²) >= 11 is 1.34. The van der Waals surface area contributed by atoms with Crippen molar-refractivity contribution in [2.75, 3.05) is 13.1 Å². The number of piperidine rings is 1. The minimum atomic E-state index is -0.417. The second kappa shape index (κ2) is 5.07. The van der Waals surface area contributed by atoms with Gasteiger partial charge in [0, 0.05) is 18.3 Å². The van der Waals surface area contributed by atoms with E-state index in [4.69, 9.17) is 9.88 Å². The summed E-state index contributed by atoms with van der Waals surface area (Å²) < 4.78 is 5.31. The summed E-state index contributed by atoms with van der Waals surface area (Å²) in [5, 5.41) is 5.88. The van der Waals surface area contributed by atoms with E-state index in [1.54, 1.807) is 4.90 Å². The third-order valence-electron chi connectivity index (χ3n) is 2.22. The number of carbonyl (C=O) groups is 1. The normalized spacial score (nSPS) is 22.7. The molecule has 15 heavy (non-hydrogen) atoms. The fourth-order valence-electron chi connectivity index (χ4n) is 1.54. The molecular weight excluding hydrogens is 212 g/mol. The number of rotatable bonds is 1. The van der Waals surface area contributed by atoms with Crippen molar-refractivity contribution in [1.82, 2.24) is 4.90 Å². The van der Waals surface area contributed by atoms with Crippen LogP contribution in [-0.4, -0.2) is 34.9 Å². The van der Waals surface area contributed by atoms with Crippen molar-refractivity contribution in [2.45, 2.75) is 44.5 Å². The van der Waals surface area contributed by atoms with Crippen LogP contribution in [0.2, 0.25) is 0 Å². The van der Waals surface area contributed by atoms with E-state index in [1.807, 2.05) is 20.8 Å². The molecule has 1 amide bonds. The van der Waals surface area contributed by atoms with E-state index < -0.39 is 5.60 Å². The molecule has 1 fully saturated rings. The number of hydrogen-bond acceptors (Lipinski definition) is 4. The van der Waals surface area contributed by atoms with Crippen molar-refractivity contribution in [3.63, 3.8) is 0 Å². The summed E-state index contributed by atoms with van der Waals surface area (Å²) in [6, 6.07) is 0. The molecule has 5 heteroatoms. The van der Waals surface area contributed by atoms with Crippen LogP contribution in [-0.2, 0) is 4.74 Å². The van der Waals surface area contributed by atoms with E-state index in [0.29, 0.717) is 11.8 Å². The zero-order valence-corrected chi connectivity index (χ0v) is 10.5. The van der Waals surface area contributed by atoms with Crippen molar-refractivity contribution in [2.24, 2.45) is 5.14 Å². The van der Waals surface area contributed by atoms with Gasteiger partial charge in [0.15, 0.2) is 0 Å². The summed E-state index contributed by atoms with van der Waals surface area (Å²) in [6.07, 6.45) is 1.87. The Balaban J connectivity index is 2.45. The Kier molecular flexibility index (Phi) is 4.28. The van der Waals surface area contributed by atoms with Crippen LogP contribution in [0.4, 0.5) is 4.79 Å². The Bertz CT molecular complexity index is 228. The fourth-order valence-corrected chi connectivity index (χ4v) is 2.11. The molecular formula is C10H20N2O2S. The third kappa shape index (κ3) is 4.30. The van der Waals surface area contributed by atoms with Crippen LogP contribution in [0.5, 0.6) is 0 Å². The monoisotopic (exact) mass is 232 g/mol. The number of carbonyl (C=O) groups excluding carboxylic acids is 1. The molecule has 0 saturated carbocycles. The Morgan fingerprint density at radius 3 is 2.73 bits per heavy atom. The molecule has 1 aliphatic heterocycles. The molecule has 2 N–H and O–H groups in total. The van der Waals surface area contributed by atoms with Gasteiger partial charge in [-0.15, -0.1) is 0 Å². The van der Waals surface area contributed by atoms with Gasteiger partial charge < -0.3 is 9.64 Å². The predicted molar refractivity (Wildman–Crippen MR) is 62.6 cm³/mol. The van der Waals surface area contributed by atoms with Gasteiger partial charge in [-0.1, -0.05) is 11.9 Å². The fraction of sp³-hybridized carbons (Fsp3) is 0.900. The number of likely N-dealkylation sites (tertiary alicyclic amines) is 1. The smallest absolute Gasteiger partial charge is 0.410 e.